The number of benzene rings is 2. The zero-order valence-electron chi connectivity index (χ0n) is 13.4. The summed E-state index contributed by atoms with van der Waals surface area (Å²) in [4.78, 5) is 11.6. The maximum absolute atomic E-state index is 14.0. The van der Waals surface area contributed by atoms with Crippen LogP contribution in [0.25, 0.3) is 0 Å². The fraction of sp³-hybridized carbons (Fsp3) is 0.278. The van der Waals surface area contributed by atoms with Gasteiger partial charge in [0.1, 0.15) is 12.4 Å². The predicted octanol–water partition coefficient (Wildman–Crippen LogP) is 5.11. The van der Waals surface area contributed by atoms with Crippen LogP contribution in [-0.2, 0) is 17.2 Å². The van der Waals surface area contributed by atoms with Gasteiger partial charge in [0.05, 0.1) is 0 Å². The molecule has 0 aromatic heterocycles. The van der Waals surface area contributed by atoms with Crippen molar-refractivity contribution in [3.8, 4) is 11.5 Å². The molecule has 3 nitrogen and oxygen atoms in total. The number of halogens is 2. The molecule has 0 amide bonds. The van der Waals surface area contributed by atoms with Gasteiger partial charge in [0, 0.05) is 28.8 Å². The van der Waals surface area contributed by atoms with Crippen molar-refractivity contribution in [1.82, 2.24) is 0 Å². The maximum Gasteiger partial charge on any atom is 0.310 e. The van der Waals surface area contributed by atoms with Gasteiger partial charge in [-0.25, -0.2) is 4.39 Å². The van der Waals surface area contributed by atoms with Crippen LogP contribution >= 0.6 is 24.2 Å². The average molecular weight is 369 g/mol. The fourth-order valence-corrected chi connectivity index (χ4v) is 2.55. The number of esters is 1. The van der Waals surface area contributed by atoms with Gasteiger partial charge in [0.25, 0.3) is 0 Å². The summed E-state index contributed by atoms with van der Waals surface area (Å²) in [6.07, 6.45) is 0.258. The lowest BCUT2D eigenvalue weighted by molar-refractivity contribution is -0.134. The first kappa shape index (κ1) is 18.6. The van der Waals surface area contributed by atoms with Gasteiger partial charge < -0.3 is 9.47 Å². The first-order valence-electron chi connectivity index (χ1n) is 7.47. The molecule has 0 saturated heterocycles. The molecule has 0 radical (unpaired) electrons. The van der Waals surface area contributed by atoms with E-state index >= 15 is 0 Å². The molecule has 2 aromatic carbocycles. The molecular weight excluding hydrogens is 351 g/mol. The van der Waals surface area contributed by atoms with Gasteiger partial charge in [-0.05, 0) is 30.2 Å². The van der Waals surface area contributed by atoms with Crippen LogP contribution in [0.1, 0.15) is 30.0 Å². The van der Waals surface area contributed by atoms with E-state index < -0.39 is 5.82 Å². The first-order valence-corrected chi connectivity index (χ1v) is 8.48. The molecule has 0 fully saturated rings. The van der Waals surface area contributed by atoms with Crippen LogP contribution in [0.2, 0.25) is 5.02 Å². The summed E-state index contributed by atoms with van der Waals surface area (Å²) < 4.78 is 24.9. The number of hydrogen-bond donors (Lipinski definition) is 1. The highest BCUT2D eigenvalue weighted by Gasteiger charge is 2.14. The molecule has 2 aromatic rings. The SMILES string of the molecule is CCC(=O)Oc1cccc(CS)c1COc1cc(Cl)c(C)cc1F. The highest BCUT2D eigenvalue weighted by Crippen LogP contribution is 2.29. The van der Waals surface area contributed by atoms with Crippen molar-refractivity contribution in [2.45, 2.75) is 32.6 Å². The molecule has 0 atom stereocenters. The Kier molecular flexibility index (Phi) is 6.52. The Labute approximate surface area is 151 Å². The molecule has 0 spiro atoms. The number of carbonyl (C=O) groups excluding carboxylic acids is 1. The monoisotopic (exact) mass is 368 g/mol. The summed E-state index contributed by atoms with van der Waals surface area (Å²) >= 11 is 10.3. The second kappa shape index (κ2) is 8.40. The highest BCUT2D eigenvalue weighted by molar-refractivity contribution is 7.79. The topological polar surface area (TPSA) is 35.5 Å². The van der Waals surface area contributed by atoms with Crippen molar-refractivity contribution >= 4 is 30.2 Å². The number of thiol groups is 1. The molecule has 0 aliphatic rings. The second-order valence-corrected chi connectivity index (χ2v) is 5.92. The van der Waals surface area contributed by atoms with Crippen LogP contribution in [0.5, 0.6) is 11.5 Å². The Bertz CT molecular complexity index is 749. The predicted molar refractivity (Wildman–Crippen MR) is 95.5 cm³/mol. The van der Waals surface area contributed by atoms with E-state index in [1.165, 1.54) is 12.1 Å². The molecule has 0 saturated carbocycles. The van der Waals surface area contributed by atoms with Crippen molar-refractivity contribution in [3.05, 3.63) is 57.9 Å². The minimum absolute atomic E-state index is 0.0410. The summed E-state index contributed by atoms with van der Waals surface area (Å²) in [5.74, 6) is 0.0386. The second-order valence-electron chi connectivity index (χ2n) is 5.20. The molecular formula is C18H18ClFO3S. The highest BCUT2D eigenvalue weighted by atomic mass is 35.5. The summed E-state index contributed by atoms with van der Waals surface area (Å²) in [6.45, 7) is 3.47. The van der Waals surface area contributed by atoms with Crippen LogP contribution in [0.4, 0.5) is 4.39 Å². The molecule has 0 bridgehead atoms. The lowest BCUT2D eigenvalue weighted by atomic mass is 10.1. The van der Waals surface area contributed by atoms with E-state index in [4.69, 9.17) is 21.1 Å². The van der Waals surface area contributed by atoms with Crippen LogP contribution in [0, 0.1) is 12.7 Å². The molecule has 0 unspecified atom stereocenters. The molecule has 0 heterocycles. The standard InChI is InChI=1S/C18H18ClFO3S/c1-3-18(21)23-16-6-4-5-12(10-24)13(16)9-22-17-8-14(19)11(2)7-15(17)20/h4-8,24H,3,9-10H2,1-2H3. The first-order chi connectivity index (χ1) is 11.5. The zero-order chi connectivity index (χ0) is 17.7. The fourth-order valence-electron chi connectivity index (χ4n) is 2.10. The van der Waals surface area contributed by atoms with Gasteiger partial charge in [-0.3, -0.25) is 4.79 Å². The van der Waals surface area contributed by atoms with E-state index in [1.54, 1.807) is 26.0 Å². The van der Waals surface area contributed by atoms with Crippen molar-refractivity contribution < 1.29 is 18.7 Å². The minimum atomic E-state index is -0.493. The third kappa shape index (κ3) is 4.42. The molecule has 0 aliphatic heterocycles. The van der Waals surface area contributed by atoms with E-state index in [1.807, 2.05) is 6.07 Å². The van der Waals surface area contributed by atoms with Crippen molar-refractivity contribution in [3.63, 3.8) is 0 Å². The van der Waals surface area contributed by atoms with Crippen LogP contribution in [-0.4, -0.2) is 5.97 Å². The average Bonchev–Trinajstić information content (AvgIpc) is 2.57. The van der Waals surface area contributed by atoms with Crippen molar-refractivity contribution in [2.75, 3.05) is 0 Å². The Morgan fingerprint density at radius 3 is 2.71 bits per heavy atom. The van der Waals surface area contributed by atoms with E-state index in [0.717, 1.165) is 5.56 Å². The van der Waals surface area contributed by atoms with Crippen molar-refractivity contribution in [1.29, 1.82) is 0 Å². The van der Waals surface area contributed by atoms with Gasteiger partial charge in [0.15, 0.2) is 11.6 Å². The third-order valence-corrected chi connectivity index (χ3v) is 4.25. The van der Waals surface area contributed by atoms with E-state index in [9.17, 15) is 9.18 Å². The van der Waals surface area contributed by atoms with Gasteiger partial charge >= 0.3 is 5.97 Å². The summed E-state index contributed by atoms with van der Waals surface area (Å²) in [7, 11) is 0. The lowest BCUT2D eigenvalue weighted by Gasteiger charge is -2.15. The summed E-state index contributed by atoms with van der Waals surface area (Å²) in [5.41, 5.74) is 2.14. The normalized spacial score (nSPS) is 10.5. The third-order valence-electron chi connectivity index (χ3n) is 3.50. The quantitative estimate of drug-likeness (QED) is 0.437. The number of hydrogen-bond acceptors (Lipinski definition) is 4. The minimum Gasteiger partial charge on any atom is -0.486 e. The number of aryl methyl sites for hydroxylation is 1. The molecule has 2 rings (SSSR count). The molecule has 24 heavy (non-hydrogen) atoms. The van der Waals surface area contributed by atoms with Crippen molar-refractivity contribution in [2.24, 2.45) is 0 Å². The largest absolute Gasteiger partial charge is 0.486 e. The van der Waals surface area contributed by atoms with Gasteiger partial charge in [-0.2, -0.15) is 12.6 Å². The van der Waals surface area contributed by atoms with Crippen LogP contribution in [0.15, 0.2) is 30.3 Å². The lowest BCUT2D eigenvalue weighted by Crippen LogP contribution is -2.10. The maximum atomic E-state index is 14.0. The molecule has 128 valence electrons. The summed E-state index contributed by atoms with van der Waals surface area (Å²) in [6, 6.07) is 8.06. The Morgan fingerprint density at radius 2 is 2.04 bits per heavy atom. The van der Waals surface area contributed by atoms with E-state index in [-0.39, 0.29) is 24.7 Å². The van der Waals surface area contributed by atoms with Crippen LogP contribution < -0.4 is 9.47 Å². The number of ether oxygens (including phenoxy) is 2. The smallest absolute Gasteiger partial charge is 0.310 e. The Morgan fingerprint density at radius 1 is 1.29 bits per heavy atom. The van der Waals surface area contributed by atoms with Gasteiger partial charge in [-0.1, -0.05) is 30.7 Å². The Balaban J connectivity index is 2.28. The zero-order valence-corrected chi connectivity index (χ0v) is 15.1. The number of rotatable bonds is 6. The summed E-state index contributed by atoms with van der Waals surface area (Å²) in [5, 5.41) is 0.423. The van der Waals surface area contributed by atoms with Gasteiger partial charge in [0.2, 0.25) is 0 Å². The molecule has 0 aliphatic carbocycles. The van der Waals surface area contributed by atoms with E-state index in [2.05, 4.69) is 12.6 Å². The molecule has 6 heteroatoms. The number of carbonyl (C=O) groups is 1. The van der Waals surface area contributed by atoms with Gasteiger partial charge in [-0.15, -0.1) is 0 Å². The Hall–Kier alpha value is -1.72. The van der Waals surface area contributed by atoms with Crippen LogP contribution in [0.3, 0.4) is 0 Å². The van der Waals surface area contributed by atoms with E-state index in [0.29, 0.717) is 27.7 Å². The molecule has 0 N–H and O–H groups in total.